The Bertz CT molecular complexity index is 677. The Morgan fingerprint density at radius 1 is 1.00 bits per heavy atom. The van der Waals surface area contributed by atoms with E-state index in [1.807, 2.05) is 47.3 Å². The molecule has 0 radical (unpaired) electrons. The Labute approximate surface area is 116 Å². The number of rotatable bonds is 3. The highest BCUT2D eigenvalue weighted by atomic mass is 35.5. The fraction of sp³-hybridized carbons (Fsp3) is 0.0667. The predicted octanol–water partition coefficient (Wildman–Crippen LogP) is 3.65. The minimum Gasteiger partial charge on any atom is -0.268 e. The third-order valence-corrected chi connectivity index (χ3v) is 3.13. The van der Waals surface area contributed by atoms with Crippen LogP contribution in [0, 0.1) is 0 Å². The predicted molar refractivity (Wildman–Crippen MR) is 76.0 cm³/mol. The number of hydrogen-bond acceptors (Lipinski definition) is 2. The third kappa shape index (κ3) is 2.66. The number of hydrogen-bond donors (Lipinski definition) is 0. The van der Waals surface area contributed by atoms with Crippen LogP contribution in [0.1, 0.15) is 5.56 Å². The lowest BCUT2D eigenvalue weighted by Crippen LogP contribution is -2.00. The molecule has 0 saturated carbocycles. The average molecular weight is 270 g/mol. The molecule has 3 aromatic rings. The lowest BCUT2D eigenvalue weighted by molar-refractivity contribution is 0.689. The molecule has 94 valence electrons. The van der Waals surface area contributed by atoms with Crippen LogP contribution in [-0.2, 0) is 6.54 Å². The van der Waals surface area contributed by atoms with Gasteiger partial charge in [0.1, 0.15) is 11.4 Å². The Kier molecular flexibility index (Phi) is 3.29. The molecule has 2 heterocycles. The van der Waals surface area contributed by atoms with Crippen molar-refractivity contribution in [2.24, 2.45) is 0 Å². The molecule has 0 bridgehead atoms. The summed E-state index contributed by atoms with van der Waals surface area (Å²) in [6.07, 6.45) is 3.66. The van der Waals surface area contributed by atoms with E-state index in [1.54, 1.807) is 6.20 Å². The molecule has 0 N–H and O–H groups in total. The number of aromatic nitrogens is 3. The van der Waals surface area contributed by atoms with Gasteiger partial charge in [0.2, 0.25) is 0 Å². The molecule has 0 aliphatic carbocycles. The Morgan fingerprint density at radius 3 is 2.63 bits per heavy atom. The molecule has 0 fully saturated rings. The highest BCUT2D eigenvalue weighted by Crippen LogP contribution is 2.23. The van der Waals surface area contributed by atoms with Crippen LogP contribution in [0.15, 0.2) is 60.9 Å². The van der Waals surface area contributed by atoms with Gasteiger partial charge in [0, 0.05) is 12.4 Å². The smallest absolute Gasteiger partial charge is 0.112 e. The number of pyridine rings is 1. The number of nitrogens with zero attached hydrogens (tertiary/aromatic N) is 3. The fourth-order valence-corrected chi connectivity index (χ4v) is 2.14. The zero-order valence-electron chi connectivity index (χ0n) is 10.2. The van der Waals surface area contributed by atoms with Crippen molar-refractivity contribution in [3.05, 3.63) is 71.5 Å². The van der Waals surface area contributed by atoms with Gasteiger partial charge in [0.05, 0.1) is 11.6 Å². The van der Waals surface area contributed by atoms with Crippen molar-refractivity contribution in [3.8, 4) is 11.4 Å². The zero-order chi connectivity index (χ0) is 13.1. The first kappa shape index (κ1) is 11.9. The first-order chi connectivity index (χ1) is 9.33. The van der Waals surface area contributed by atoms with Crippen molar-refractivity contribution in [3.63, 3.8) is 0 Å². The van der Waals surface area contributed by atoms with Crippen LogP contribution in [0.3, 0.4) is 0 Å². The van der Waals surface area contributed by atoms with Crippen LogP contribution in [0.2, 0.25) is 5.02 Å². The summed E-state index contributed by atoms with van der Waals surface area (Å²) in [5, 5.41) is 5.12. The summed E-state index contributed by atoms with van der Waals surface area (Å²) in [6, 6.07) is 15.8. The van der Waals surface area contributed by atoms with Gasteiger partial charge in [0.15, 0.2) is 0 Å². The molecule has 4 heteroatoms. The van der Waals surface area contributed by atoms with E-state index in [9.17, 15) is 0 Å². The van der Waals surface area contributed by atoms with Crippen LogP contribution in [0.4, 0.5) is 0 Å². The quantitative estimate of drug-likeness (QED) is 0.727. The fourth-order valence-electron chi connectivity index (χ4n) is 1.92. The minimum atomic E-state index is 0.618. The first-order valence-electron chi connectivity index (χ1n) is 6.01. The molecule has 0 atom stereocenters. The van der Waals surface area contributed by atoms with Gasteiger partial charge in [-0.15, -0.1) is 0 Å². The van der Waals surface area contributed by atoms with Crippen LogP contribution >= 0.6 is 11.6 Å². The van der Waals surface area contributed by atoms with Crippen molar-refractivity contribution in [1.82, 2.24) is 14.8 Å². The van der Waals surface area contributed by atoms with Gasteiger partial charge < -0.3 is 0 Å². The van der Waals surface area contributed by atoms with E-state index in [4.69, 9.17) is 11.6 Å². The third-order valence-electron chi connectivity index (χ3n) is 2.83. The lowest BCUT2D eigenvalue weighted by Gasteiger charge is -2.01. The van der Waals surface area contributed by atoms with E-state index in [1.165, 1.54) is 5.56 Å². The summed E-state index contributed by atoms with van der Waals surface area (Å²) in [6.45, 7) is 0.741. The lowest BCUT2D eigenvalue weighted by atomic mass is 10.2. The first-order valence-corrected chi connectivity index (χ1v) is 6.39. The highest BCUT2D eigenvalue weighted by molar-refractivity contribution is 6.32. The molecule has 19 heavy (non-hydrogen) atoms. The summed E-state index contributed by atoms with van der Waals surface area (Å²) in [5.41, 5.74) is 2.72. The van der Waals surface area contributed by atoms with E-state index in [2.05, 4.69) is 22.2 Å². The zero-order valence-corrected chi connectivity index (χ0v) is 11.0. The number of halogens is 1. The van der Waals surface area contributed by atoms with Crippen LogP contribution < -0.4 is 0 Å². The second-order valence-electron chi connectivity index (χ2n) is 4.22. The van der Waals surface area contributed by atoms with Gasteiger partial charge in [-0.3, -0.25) is 9.67 Å². The van der Waals surface area contributed by atoms with Gasteiger partial charge in [-0.05, 0) is 23.8 Å². The molecule has 0 unspecified atom stereocenters. The van der Waals surface area contributed by atoms with Gasteiger partial charge >= 0.3 is 0 Å². The molecular formula is C15H12ClN3. The monoisotopic (exact) mass is 269 g/mol. The molecule has 3 rings (SSSR count). The standard InChI is InChI=1S/C15H12ClN3/c16-13-7-4-9-17-15(13)14-8-10-19(18-14)11-12-5-2-1-3-6-12/h1-10H,11H2. The Hall–Kier alpha value is -2.13. The van der Waals surface area contributed by atoms with Crippen LogP contribution in [0.5, 0.6) is 0 Å². The van der Waals surface area contributed by atoms with E-state index >= 15 is 0 Å². The normalized spacial score (nSPS) is 10.6. The summed E-state index contributed by atoms with van der Waals surface area (Å²) < 4.78 is 1.88. The molecule has 1 aromatic carbocycles. The van der Waals surface area contributed by atoms with Gasteiger partial charge in [-0.2, -0.15) is 5.10 Å². The minimum absolute atomic E-state index is 0.618. The molecular weight excluding hydrogens is 258 g/mol. The van der Waals surface area contributed by atoms with Gasteiger partial charge in [-0.1, -0.05) is 41.9 Å². The number of benzene rings is 1. The van der Waals surface area contributed by atoms with Crippen molar-refractivity contribution in [2.75, 3.05) is 0 Å². The molecule has 0 amide bonds. The largest absolute Gasteiger partial charge is 0.268 e. The highest BCUT2D eigenvalue weighted by Gasteiger charge is 2.07. The maximum atomic E-state index is 6.12. The molecule has 3 nitrogen and oxygen atoms in total. The van der Waals surface area contributed by atoms with Crippen LogP contribution in [0.25, 0.3) is 11.4 Å². The molecule has 0 saturated heterocycles. The van der Waals surface area contributed by atoms with E-state index in [0.717, 1.165) is 17.9 Å². The summed E-state index contributed by atoms with van der Waals surface area (Å²) in [7, 11) is 0. The second kappa shape index (κ2) is 5.24. The van der Waals surface area contributed by atoms with Crippen molar-refractivity contribution in [1.29, 1.82) is 0 Å². The van der Waals surface area contributed by atoms with Gasteiger partial charge in [-0.25, -0.2) is 0 Å². The van der Waals surface area contributed by atoms with Gasteiger partial charge in [0.25, 0.3) is 0 Å². The van der Waals surface area contributed by atoms with E-state index in [-0.39, 0.29) is 0 Å². The van der Waals surface area contributed by atoms with Crippen molar-refractivity contribution in [2.45, 2.75) is 6.54 Å². The Balaban J connectivity index is 1.86. The summed E-state index contributed by atoms with van der Waals surface area (Å²) in [4.78, 5) is 4.26. The maximum absolute atomic E-state index is 6.12. The topological polar surface area (TPSA) is 30.7 Å². The maximum Gasteiger partial charge on any atom is 0.112 e. The summed E-state index contributed by atoms with van der Waals surface area (Å²) in [5.74, 6) is 0. The second-order valence-corrected chi connectivity index (χ2v) is 4.63. The van der Waals surface area contributed by atoms with Crippen molar-refractivity contribution < 1.29 is 0 Å². The molecule has 2 aromatic heterocycles. The van der Waals surface area contributed by atoms with Crippen LogP contribution in [-0.4, -0.2) is 14.8 Å². The summed E-state index contributed by atoms with van der Waals surface area (Å²) >= 11 is 6.12. The molecule has 0 aliphatic heterocycles. The van der Waals surface area contributed by atoms with E-state index < -0.39 is 0 Å². The van der Waals surface area contributed by atoms with E-state index in [0.29, 0.717) is 5.02 Å². The SMILES string of the molecule is Clc1cccnc1-c1ccn(Cc2ccccc2)n1. The molecule has 0 spiro atoms. The molecule has 0 aliphatic rings. The Morgan fingerprint density at radius 2 is 1.84 bits per heavy atom. The van der Waals surface area contributed by atoms with Crippen molar-refractivity contribution >= 4 is 11.6 Å². The average Bonchev–Trinajstić information content (AvgIpc) is 2.89.